The molecule has 42 valence electrons. The molecule has 1 aliphatic rings. The molecular formula is C4H5N3O. The number of amides is 2. The Balaban J connectivity index is 2.68. The predicted molar refractivity (Wildman–Crippen MR) is 30.4 cm³/mol. The average Bonchev–Trinajstić information content (AvgIpc) is 1.77. The number of aliphatic imine (C=N–C) groups is 2. The van der Waals surface area contributed by atoms with Gasteiger partial charge in [-0.05, 0) is 0 Å². The van der Waals surface area contributed by atoms with Gasteiger partial charge in [-0.25, -0.2) is 14.8 Å². The van der Waals surface area contributed by atoms with Gasteiger partial charge in [0.1, 0.15) is 0 Å². The van der Waals surface area contributed by atoms with E-state index in [1.165, 1.54) is 12.4 Å². The fraction of sp³-hybridized carbons (Fsp3) is 0.250. The number of rotatable bonds is 0. The van der Waals surface area contributed by atoms with Gasteiger partial charge in [0.05, 0.1) is 6.04 Å². The molecule has 0 aromatic carbocycles. The minimum Gasteiger partial charge on any atom is -0.319 e. The van der Waals surface area contributed by atoms with E-state index < -0.39 is 6.03 Å². The Kier molecular flexibility index (Phi) is 1.17. The molecule has 0 radical (unpaired) electrons. The largest absolute Gasteiger partial charge is 0.366 e. The first-order valence-electron chi connectivity index (χ1n) is 2.17. The summed E-state index contributed by atoms with van der Waals surface area (Å²) in [5.41, 5.74) is 5.25. The van der Waals surface area contributed by atoms with E-state index in [0.717, 1.165) is 0 Å². The average molecular weight is 111 g/mol. The lowest BCUT2D eigenvalue weighted by molar-refractivity contribution is 0.257. The Morgan fingerprint density at radius 2 is 2.00 bits per heavy atom. The molecule has 0 saturated heterocycles. The topological polar surface area (TPSA) is 67.8 Å². The van der Waals surface area contributed by atoms with Crippen molar-refractivity contribution in [2.45, 2.75) is 6.04 Å². The number of hydrogen-bond donors (Lipinski definition) is 1. The molecule has 0 spiro atoms. The van der Waals surface area contributed by atoms with Crippen molar-refractivity contribution in [2.24, 2.45) is 15.7 Å². The van der Waals surface area contributed by atoms with Crippen molar-refractivity contribution in [3.05, 3.63) is 0 Å². The maximum absolute atomic E-state index is 10.2. The molecule has 0 fully saturated rings. The van der Waals surface area contributed by atoms with Crippen molar-refractivity contribution in [1.29, 1.82) is 0 Å². The molecule has 0 atom stereocenters. The smallest absolute Gasteiger partial charge is 0.319 e. The van der Waals surface area contributed by atoms with Crippen LogP contribution in [0.5, 0.6) is 0 Å². The van der Waals surface area contributed by atoms with E-state index in [2.05, 4.69) is 9.98 Å². The van der Waals surface area contributed by atoms with Gasteiger partial charge in [-0.2, -0.15) is 0 Å². The van der Waals surface area contributed by atoms with Gasteiger partial charge in [0.2, 0.25) is 0 Å². The van der Waals surface area contributed by atoms with E-state index in [9.17, 15) is 4.79 Å². The molecule has 8 heavy (non-hydrogen) atoms. The van der Waals surface area contributed by atoms with Crippen LogP contribution in [0.25, 0.3) is 0 Å². The molecule has 4 nitrogen and oxygen atoms in total. The second-order valence-corrected chi connectivity index (χ2v) is 1.42. The summed E-state index contributed by atoms with van der Waals surface area (Å²) < 4.78 is 0. The summed E-state index contributed by atoms with van der Waals surface area (Å²) in [4.78, 5) is 16.8. The lowest BCUT2D eigenvalue weighted by Gasteiger charge is -1.97. The lowest BCUT2D eigenvalue weighted by atomic mass is 10.4. The molecule has 2 N–H and O–H groups in total. The van der Waals surface area contributed by atoms with Crippen LogP contribution < -0.4 is 5.73 Å². The molecule has 0 aliphatic carbocycles. The molecule has 0 saturated carbocycles. The van der Waals surface area contributed by atoms with Crippen molar-refractivity contribution in [3.8, 4) is 0 Å². The summed E-state index contributed by atoms with van der Waals surface area (Å²) >= 11 is 0. The Bertz CT molecular complexity index is 145. The number of urea groups is 1. The number of carbonyl (C=O) groups excluding carboxylic acids is 1. The highest BCUT2D eigenvalue weighted by Crippen LogP contribution is 1.85. The molecule has 1 aliphatic heterocycles. The van der Waals surface area contributed by atoms with Crippen LogP contribution in [0.15, 0.2) is 9.98 Å². The summed E-state index contributed by atoms with van der Waals surface area (Å²) in [7, 11) is 0. The highest BCUT2D eigenvalue weighted by Gasteiger charge is 2.01. The van der Waals surface area contributed by atoms with Gasteiger partial charge in [0.25, 0.3) is 0 Å². The van der Waals surface area contributed by atoms with Crippen molar-refractivity contribution < 1.29 is 4.79 Å². The van der Waals surface area contributed by atoms with Crippen LogP contribution in [0.1, 0.15) is 0 Å². The molecule has 1 heterocycles. The normalized spacial score (nSPS) is 19.9. The summed E-state index contributed by atoms with van der Waals surface area (Å²) in [5, 5.41) is 0. The van der Waals surface area contributed by atoms with E-state index in [1.807, 2.05) is 0 Å². The van der Waals surface area contributed by atoms with Crippen LogP contribution in [-0.4, -0.2) is 24.5 Å². The van der Waals surface area contributed by atoms with Crippen LogP contribution in [0, 0.1) is 0 Å². The van der Waals surface area contributed by atoms with E-state index in [1.54, 1.807) is 0 Å². The van der Waals surface area contributed by atoms with Crippen LogP contribution in [-0.2, 0) is 0 Å². The SMILES string of the molecule is NC1C=NC(=O)N=C1. The standard InChI is InChI=1S/C4H5N3O/c5-3-1-6-4(8)7-2-3/h1-3H,5H2. The Hall–Kier alpha value is -1.03. The van der Waals surface area contributed by atoms with Crippen molar-refractivity contribution in [3.63, 3.8) is 0 Å². The Morgan fingerprint density at radius 3 is 2.38 bits per heavy atom. The maximum atomic E-state index is 10.2. The first-order chi connectivity index (χ1) is 3.79. The fourth-order valence-corrected chi connectivity index (χ4v) is 0.371. The summed E-state index contributed by atoms with van der Waals surface area (Å²) in [6, 6.07) is -0.764. The molecule has 0 unspecified atom stereocenters. The molecule has 0 aromatic rings. The number of nitrogens with two attached hydrogens (primary N) is 1. The van der Waals surface area contributed by atoms with Gasteiger partial charge in [0.15, 0.2) is 0 Å². The molecule has 4 heteroatoms. The van der Waals surface area contributed by atoms with Gasteiger partial charge in [-0.15, -0.1) is 0 Å². The van der Waals surface area contributed by atoms with E-state index >= 15 is 0 Å². The second kappa shape index (κ2) is 1.83. The van der Waals surface area contributed by atoms with Crippen LogP contribution >= 0.6 is 0 Å². The number of nitrogens with zero attached hydrogens (tertiary/aromatic N) is 2. The monoisotopic (exact) mass is 111 g/mol. The third-order valence-electron chi connectivity index (χ3n) is 0.714. The molecule has 0 bridgehead atoms. The molecular weight excluding hydrogens is 106 g/mol. The highest BCUT2D eigenvalue weighted by atomic mass is 16.2. The first-order valence-corrected chi connectivity index (χ1v) is 2.17. The van der Waals surface area contributed by atoms with Crippen molar-refractivity contribution in [2.75, 3.05) is 0 Å². The maximum Gasteiger partial charge on any atom is 0.366 e. The van der Waals surface area contributed by atoms with E-state index in [0.29, 0.717) is 0 Å². The number of carbonyl (C=O) groups is 1. The minimum absolute atomic E-state index is 0.285. The third-order valence-corrected chi connectivity index (χ3v) is 0.714. The van der Waals surface area contributed by atoms with Crippen LogP contribution in [0.4, 0.5) is 4.79 Å². The van der Waals surface area contributed by atoms with Crippen LogP contribution in [0.3, 0.4) is 0 Å². The van der Waals surface area contributed by atoms with E-state index in [-0.39, 0.29) is 6.04 Å². The van der Waals surface area contributed by atoms with Crippen molar-refractivity contribution >= 4 is 18.5 Å². The third kappa shape index (κ3) is 0.974. The quantitative estimate of drug-likeness (QED) is 0.461. The fourth-order valence-electron chi connectivity index (χ4n) is 0.371. The van der Waals surface area contributed by atoms with Gasteiger partial charge in [0, 0.05) is 12.4 Å². The molecule has 2 amide bonds. The van der Waals surface area contributed by atoms with Gasteiger partial charge in [-0.1, -0.05) is 0 Å². The summed E-state index contributed by atoms with van der Waals surface area (Å²) in [6.45, 7) is 0. The lowest BCUT2D eigenvalue weighted by Crippen LogP contribution is -2.26. The zero-order valence-corrected chi connectivity index (χ0v) is 4.11. The number of hydrogen-bond acceptors (Lipinski definition) is 2. The van der Waals surface area contributed by atoms with Crippen molar-refractivity contribution in [1.82, 2.24) is 0 Å². The first kappa shape index (κ1) is 5.11. The van der Waals surface area contributed by atoms with Gasteiger partial charge < -0.3 is 5.73 Å². The Labute approximate surface area is 46.1 Å². The predicted octanol–water partition coefficient (Wildman–Crippen LogP) is -0.411. The molecule has 1 rings (SSSR count). The minimum atomic E-state index is -0.480. The second-order valence-electron chi connectivity index (χ2n) is 1.42. The van der Waals surface area contributed by atoms with Crippen LogP contribution in [0.2, 0.25) is 0 Å². The summed E-state index contributed by atoms with van der Waals surface area (Å²) in [6.07, 6.45) is 2.71. The summed E-state index contributed by atoms with van der Waals surface area (Å²) in [5.74, 6) is 0. The Morgan fingerprint density at radius 1 is 1.50 bits per heavy atom. The zero-order chi connectivity index (χ0) is 5.98. The highest BCUT2D eigenvalue weighted by molar-refractivity contribution is 6.02. The van der Waals surface area contributed by atoms with Gasteiger partial charge in [-0.3, -0.25) is 0 Å². The zero-order valence-electron chi connectivity index (χ0n) is 4.11. The molecule has 0 aromatic heterocycles. The van der Waals surface area contributed by atoms with Gasteiger partial charge >= 0.3 is 6.03 Å². The van der Waals surface area contributed by atoms with E-state index in [4.69, 9.17) is 5.73 Å².